The van der Waals surface area contributed by atoms with Gasteiger partial charge in [0.15, 0.2) is 0 Å². The first kappa shape index (κ1) is 8.84. The van der Waals surface area contributed by atoms with Gasteiger partial charge in [-0.25, -0.2) is 0 Å². The van der Waals surface area contributed by atoms with Crippen LogP contribution < -0.4 is 10.9 Å². The van der Waals surface area contributed by atoms with Crippen molar-refractivity contribution in [1.29, 1.82) is 0 Å². The Morgan fingerprint density at radius 3 is 2.31 bits per heavy atom. The quantitative estimate of drug-likeness (QED) is 0.623. The number of aromatic amines is 1. The highest BCUT2D eigenvalue weighted by Crippen LogP contribution is 2.21. The molecule has 0 spiro atoms. The van der Waals surface area contributed by atoms with Gasteiger partial charge < -0.3 is 4.98 Å². The number of imide groups is 1. The fourth-order valence-corrected chi connectivity index (χ4v) is 1.82. The molecule has 3 rings (SSSR count). The lowest BCUT2D eigenvalue weighted by atomic mass is 10.1. The van der Waals surface area contributed by atoms with Crippen LogP contribution in [0.4, 0.5) is 0 Å². The zero-order valence-electron chi connectivity index (χ0n) is 8.03. The third-order valence-corrected chi connectivity index (χ3v) is 2.58. The lowest BCUT2D eigenvalue weighted by Crippen LogP contribution is -2.19. The molecule has 2 heterocycles. The van der Waals surface area contributed by atoms with E-state index in [-0.39, 0.29) is 5.56 Å². The summed E-state index contributed by atoms with van der Waals surface area (Å²) >= 11 is 0. The maximum Gasteiger partial charge on any atom is 0.259 e. The summed E-state index contributed by atoms with van der Waals surface area (Å²) in [5.74, 6) is -0.820. The molecule has 0 saturated carbocycles. The maximum absolute atomic E-state index is 11.4. The van der Waals surface area contributed by atoms with E-state index in [1.165, 1.54) is 12.1 Å². The third kappa shape index (κ3) is 1.08. The lowest BCUT2D eigenvalue weighted by Gasteiger charge is -1.99. The molecular weight excluding hydrogens is 208 g/mol. The molecule has 1 aliphatic rings. The first-order valence-corrected chi connectivity index (χ1v) is 4.68. The number of hydrogen-bond acceptors (Lipinski definition) is 3. The van der Waals surface area contributed by atoms with Crippen molar-refractivity contribution in [2.45, 2.75) is 0 Å². The van der Waals surface area contributed by atoms with E-state index in [1.54, 1.807) is 12.1 Å². The normalized spacial score (nSPS) is 14.0. The van der Waals surface area contributed by atoms with Gasteiger partial charge in [-0.05, 0) is 23.6 Å². The van der Waals surface area contributed by atoms with Gasteiger partial charge >= 0.3 is 0 Å². The van der Waals surface area contributed by atoms with E-state index in [4.69, 9.17) is 0 Å². The van der Waals surface area contributed by atoms with E-state index in [0.717, 1.165) is 5.39 Å². The molecule has 1 aromatic heterocycles. The number of nitrogens with one attached hydrogen (secondary N) is 2. The topological polar surface area (TPSA) is 79.0 Å². The Balaban J connectivity index is 2.43. The van der Waals surface area contributed by atoms with Gasteiger partial charge in [0.2, 0.25) is 5.56 Å². The van der Waals surface area contributed by atoms with Crippen LogP contribution in [0.25, 0.3) is 10.9 Å². The van der Waals surface area contributed by atoms with E-state index < -0.39 is 11.8 Å². The van der Waals surface area contributed by atoms with Crippen molar-refractivity contribution in [3.05, 3.63) is 45.7 Å². The van der Waals surface area contributed by atoms with Crippen LogP contribution in [0.3, 0.4) is 0 Å². The van der Waals surface area contributed by atoms with Gasteiger partial charge in [0.1, 0.15) is 0 Å². The predicted octanol–water partition coefficient (Wildman–Crippen LogP) is 0.412. The van der Waals surface area contributed by atoms with Crippen molar-refractivity contribution in [1.82, 2.24) is 10.3 Å². The van der Waals surface area contributed by atoms with Crippen molar-refractivity contribution in [2.24, 2.45) is 0 Å². The molecule has 5 nitrogen and oxygen atoms in total. The van der Waals surface area contributed by atoms with Gasteiger partial charge in [0, 0.05) is 11.6 Å². The predicted molar refractivity (Wildman–Crippen MR) is 56.4 cm³/mol. The first-order valence-electron chi connectivity index (χ1n) is 4.68. The molecule has 0 unspecified atom stereocenters. The Labute approximate surface area is 89.1 Å². The van der Waals surface area contributed by atoms with E-state index in [2.05, 4.69) is 10.3 Å². The molecule has 0 radical (unpaired) electrons. The summed E-state index contributed by atoms with van der Waals surface area (Å²) in [6, 6.07) is 6.11. The summed E-state index contributed by atoms with van der Waals surface area (Å²) < 4.78 is 0. The summed E-state index contributed by atoms with van der Waals surface area (Å²) in [4.78, 5) is 36.5. The number of aromatic nitrogens is 1. The van der Waals surface area contributed by atoms with Crippen LogP contribution in [0.1, 0.15) is 20.7 Å². The highest BCUT2D eigenvalue weighted by Gasteiger charge is 2.26. The van der Waals surface area contributed by atoms with Gasteiger partial charge in [0.05, 0.1) is 11.1 Å². The van der Waals surface area contributed by atoms with E-state index in [0.29, 0.717) is 16.6 Å². The molecular formula is C11H6N2O3. The number of fused-ring (bicyclic) bond motifs is 2. The number of rotatable bonds is 0. The van der Waals surface area contributed by atoms with Crippen molar-refractivity contribution in [3.8, 4) is 0 Å². The fourth-order valence-electron chi connectivity index (χ4n) is 1.82. The number of carbonyl (C=O) groups is 2. The van der Waals surface area contributed by atoms with Crippen molar-refractivity contribution < 1.29 is 9.59 Å². The standard InChI is InChI=1S/C11H6N2O3/c14-9-2-1-5-3-6-7(4-8(5)12-9)11(16)13-10(6)15/h1-4H,(H,12,14)(H,13,15,16). The molecule has 5 heteroatoms. The highest BCUT2D eigenvalue weighted by atomic mass is 16.2. The molecule has 0 bridgehead atoms. The van der Waals surface area contributed by atoms with Gasteiger partial charge in [0.25, 0.3) is 11.8 Å². The minimum absolute atomic E-state index is 0.239. The minimum Gasteiger partial charge on any atom is -0.322 e. The van der Waals surface area contributed by atoms with Gasteiger partial charge in [-0.15, -0.1) is 0 Å². The molecule has 2 N–H and O–H groups in total. The average molecular weight is 214 g/mol. The first-order chi connectivity index (χ1) is 7.65. The summed E-state index contributed by atoms with van der Waals surface area (Å²) in [6.45, 7) is 0. The number of amides is 2. The van der Waals surface area contributed by atoms with Gasteiger partial charge in [-0.3, -0.25) is 19.7 Å². The summed E-state index contributed by atoms with van der Waals surface area (Å²) in [6.07, 6.45) is 0. The Hall–Kier alpha value is -2.43. The second kappa shape index (κ2) is 2.79. The molecule has 0 atom stereocenters. The number of carbonyl (C=O) groups excluding carboxylic acids is 2. The Kier molecular flexibility index (Phi) is 1.54. The smallest absolute Gasteiger partial charge is 0.259 e. The number of pyridine rings is 1. The Morgan fingerprint density at radius 2 is 1.56 bits per heavy atom. The van der Waals surface area contributed by atoms with Crippen LogP contribution in [-0.4, -0.2) is 16.8 Å². The van der Waals surface area contributed by atoms with E-state index >= 15 is 0 Å². The largest absolute Gasteiger partial charge is 0.322 e. The number of H-pyrrole nitrogens is 1. The van der Waals surface area contributed by atoms with Crippen molar-refractivity contribution in [3.63, 3.8) is 0 Å². The van der Waals surface area contributed by atoms with E-state index in [9.17, 15) is 14.4 Å². The molecule has 0 fully saturated rings. The molecule has 2 amide bonds. The summed E-state index contributed by atoms with van der Waals surface area (Å²) in [5, 5.41) is 2.93. The summed E-state index contributed by atoms with van der Waals surface area (Å²) in [7, 11) is 0. The third-order valence-electron chi connectivity index (χ3n) is 2.58. The number of benzene rings is 1. The SMILES string of the molecule is O=C1NC(=O)c2cc3[nH]c(=O)ccc3cc21. The Morgan fingerprint density at radius 1 is 0.875 bits per heavy atom. The maximum atomic E-state index is 11.4. The van der Waals surface area contributed by atoms with E-state index in [1.807, 2.05) is 0 Å². The number of hydrogen-bond donors (Lipinski definition) is 2. The summed E-state index contributed by atoms with van der Waals surface area (Å²) in [5.41, 5.74) is 0.970. The lowest BCUT2D eigenvalue weighted by molar-refractivity contribution is 0.0879. The molecule has 0 aliphatic carbocycles. The van der Waals surface area contributed by atoms with Crippen molar-refractivity contribution in [2.75, 3.05) is 0 Å². The Bertz CT molecular complexity index is 700. The molecule has 0 saturated heterocycles. The van der Waals surface area contributed by atoms with Crippen LogP contribution in [0.5, 0.6) is 0 Å². The zero-order valence-corrected chi connectivity index (χ0v) is 8.03. The van der Waals surface area contributed by atoms with Gasteiger partial charge in [-0.2, -0.15) is 0 Å². The molecule has 16 heavy (non-hydrogen) atoms. The second-order valence-corrected chi connectivity index (χ2v) is 3.59. The monoisotopic (exact) mass is 214 g/mol. The molecule has 1 aromatic carbocycles. The van der Waals surface area contributed by atoms with Crippen molar-refractivity contribution >= 4 is 22.7 Å². The second-order valence-electron chi connectivity index (χ2n) is 3.59. The molecule has 2 aromatic rings. The van der Waals surface area contributed by atoms with Gasteiger partial charge in [-0.1, -0.05) is 0 Å². The fraction of sp³-hybridized carbons (Fsp3) is 0. The molecule has 1 aliphatic heterocycles. The van der Waals surface area contributed by atoms with Crippen LogP contribution >= 0.6 is 0 Å². The van der Waals surface area contributed by atoms with Crippen LogP contribution in [-0.2, 0) is 0 Å². The molecule has 78 valence electrons. The minimum atomic E-state index is -0.424. The average Bonchev–Trinajstić information content (AvgIpc) is 2.52. The van der Waals surface area contributed by atoms with Crippen LogP contribution in [0.2, 0.25) is 0 Å². The van der Waals surface area contributed by atoms with Crippen LogP contribution in [0.15, 0.2) is 29.1 Å². The van der Waals surface area contributed by atoms with Crippen LogP contribution in [0, 0.1) is 0 Å². The zero-order chi connectivity index (χ0) is 11.3. The highest BCUT2D eigenvalue weighted by molar-refractivity contribution is 6.23.